The summed E-state index contributed by atoms with van der Waals surface area (Å²) in [5.74, 6) is 0.630. The van der Waals surface area contributed by atoms with Gasteiger partial charge in [0.05, 0.1) is 36.6 Å². The minimum atomic E-state index is -0.0690. The highest BCUT2D eigenvalue weighted by Gasteiger charge is 2.17. The fraction of sp³-hybridized carbons (Fsp3) is 0.174. The zero-order valence-electron chi connectivity index (χ0n) is 16.7. The molecule has 0 aliphatic rings. The van der Waals surface area contributed by atoms with Gasteiger partial charge in [-0.25, -0.2) is 4.98 Å². The van der Waals surface area contributed by atoms with Gasteiger partial charge >= 0.3 is 0 Å². The van der Waals surface area contributed by atoms with E-state index in [1.165, 1.54) is 5.56 Å². The number of aromatic nitrogens is 3. The van der Waals surface area contributed by atoms with Crippen LogP contribution in [-0.2, 0) is 6.54 Å². The number of carbonyl (C=O) groups excluding carboxylic acids is 1. The van der Waals surface area contributed by atoms with Crippen LogP contribution in [-0.4, -0.2) is 46.8 Å². The van der Waals surface area contributed by atoms with E-state index < -0.39 is 0 Å². The Morgan fingerprint density at radius 3 is 2.62 bits per heavy atom. The molecule has 6 nitrogen and oxygen atoms in total. The van der Waals surface area contributed by atoms with Gasteiger partial charge in [0.1, 0.15) is 5.75 Å². The molecule has 0 bridgehead atoms. The number of hydrogen-bond donors (Lipinski definition) is 0. The molecule has 0 aliphatic carbocycles. The second kappa shape index (κ2) is 7.75. The molecule has 1 amide bonds. The number of methoxy groups -OCH3 is 1. The van der Waals surface area contributed by atoms with Crippen molar-refractivity contribution in [1.82, 2.24) is 19.7 Å². The molecular formula is C23H22N4O2. The molecule has 2 aromatic carbocycles. The molecule has 0 atom stereocenters. The van der Waals surface area contributed by atoms with Gasteiger partial charge in [-0.2, -0.15) is 5.10 Å². The van der Waals surface area contributed by atoms with Crippen LogP contribution in [0.25, 0.3) is 22.2 Å². The molecule has 29 heavy (non-hydrogen) atoms. The van der Waals surface area contributed by atoms with E-state index in [1.54, 1.807) is 32.3 Å². The average Bonchev–Trinajstić information content (AvgIpc) is 3.21. The largest absolute Gasteiger partial charge is 0.497 e. The molecule has 0 fully saturated rings. The molecule has 4 rings (SSSR count). The molecule has 0 saturated carbocycles. The first kappa shape index (κ1) is 18.7. The van der Waals surface area contributed by atoms with Gasteiger partial charge in [0.25, 0.3) is 5.91 Å². The number of carbonyl (C=O) groups is 1. The number of fused-ring (bicyclic) bond motifs is 1. The summed E-state index contributed by atoms with van der Waals surface area (Å²) in [5.41, 5.74) is 4.05. The highest BCUT2D eigenvalue weighted by molar-refractivity contribution is 6.07. The Morgan fingerprint density at radius 1 is 1.10 bits per heavy atom. The molecule has 0 aliphatic heterocycles. The fourth-order valence-corrected chi connectivity index (χ4v) is 3.25. The van der Waals surface area contributed by atoms with E-state index in [2.05, 4.69) is 17.2 Å². The van der Waals surface area contributed by atoms with Gasteiger partial charge in [0.2, 0.25) is 0 Å². The van der Waals surface area contributed by atoms with Gasteiger partial charge in [-0.3, -0.25) is 9.48 Å². The van der Waals surface area contributed by atoms with E-state index >= 15 is 0 Å². The quantitative estimate of drug-likeness (QED) is 0.523. The number of nitrogens with zero attached hydrogens (tertiary/aromatic N) is 4. The number of hydrogen-bond acceptors (Lipinski definition) is 4. The zero-order valence-corrected chi connectivity index (χ0v) is 16.7. The van der Waals surface area contributed by atoms with E-state index in [4.69, 9.17) is 9.72 Å². The lowest BCUT2D eigenvalue weighted by molar-refractivity contribution is 0.0829. The molecule has 0 spiro atoms. The number of benzene rings is 2. The maximum absolute atomic E-state index is 12.8. The smallest absolute Gasteiger partial charge is 0.254 e. The van der Waals surface area contributed by atoms with Crippen LogP contribution in [0.4, 0.5) is 0 Å². The van der Waals surface area contributed by atoms with E-state index in [1.807, 2.05) is 53.3 Å². The molecule has 6 heteroatoms. The molecule has 0 N–H and O–H groups in total. The maximum atomic E-state index is 12.8. The Kier molecular flexibility index (Phi) is 4.99. The molecule has 0 unspecified atom stereocenters. The summed E-state index contributed by atoms with van der Waals surface area (Å²) in [7, 11) is 5.11. The molecule has 0 radical (unpaired) electrons. The summed E-state index contributed by atoms with van der Waals surface area (Å²) in [4.78, 5) is 19.1. The summed E-state index contributed by atoms with van der Waals surface area (Å²) in [6.07, 6.45) is 3.73. The Labute approximate surface area is 169 Å². The van der Waals surface area contributed by atoms with Gasteiger partial charge in [-0.1, -0.05) is 30.3 Å². The third-order valence-corrected chi connectivity index (χ3v) is 4.77. The molecule has 146 valence electrons. The van der Waals surface area contributed by atoms with E-state index in [9.17, 15) is 4.79 Å². The van der Waals surface area contributed by atoms with Crippen LogP contribution in [0.3, 0.4) is 0 Å². The third-order valence-electron chi connectivity index (χ3n) is 4.77. The van der Waals surface area contributed by atoms with Crippen molar-refractivity contribution in [2.45, 2.75) is 6.54 Å². The number of ether oxygens (including phenoxy) is 1. The number of pyridine rings is 1. The number of rotatable bonds is 5. The van der Waals surface area contributed by atoms with Gasteiger partial charge in [0, 0.05) is 37.3 Å². The Bertz CT molecular complexity index is 1170. The topological polar surface area (TPSA) is 60.2 Å². The predicted molar refractivity (Wildman–Crippen MR) is 113 cm³/mol. The first-order valence-electron chi connectivity index (χ1n) is 9.32. The normalized spacial score (nSPS) is 10.9. The first-order valence-corrected chi connectivity index (χ1v) is 9.32. The van der Waals surface area contributed by atoms with Crippen molar-refractivity contribution in [3.8, 4) is 17.0 Å². The highest BCUT2D eigenvalue weighted by atomic mass is 16.5. The Balaban J connectivity index is 1.78. The van der Waals surface area contributed by atoms with Crippen molar-refractivity contribution in [3.63, 3.8) is 0 Å². The maximum Gasteiger partial charge on any atom is 0.254 e. The predicted octanol–water partition coefficient (Wildman–Crippen LogP) is 3.86. The van der Waals surface area contributed by atoms with Crippen LogP contribution >= 0.6 is 0 Å². The summed E-state index contributed by atoms with van der Waals surface area (Å²) in [6.45, 7) is 0.672. The first-order chi connectivity index (χ1) is 14.0. The van der Waals surface area contributed by atoms with Crippen molar-refractivity contribution in [1.29, 1.82) is 0 Å². The van der Waals surface area contributed by atoms with E-state index in [0.717, 1.165) is 10.9 Å². The molecular weight excluding hydrogens is 364 g/mol. The standard InChI is InChI=1S/C23H22N4O2/c1-26(2)23(28)20-12-21(25-22-11-18(29-3)9-10-19(20)22)17-13-24-27(15-17)14-16-7-5-4-6-8-16/h4-13,15H,14H2,1-3H3. The average molecular weight is 386 g/mol. The minimum Gasteiger partial charge on any atom is -0.497 e. The van der Waals surface area contributed by atoms with Crippen LogP contribution in [0, 0.1) is 0 Å². The van der Waals surface area contributed by atoms with E-state index in [-0.39, 0.29) is 5.91 Å². The summed E-state index contributed by atoms with van der Waals surface area (Å²) in [6, 6.07) is 17.5. The van der Waals surface area contributed by atoms with Crippen LogP contribution in [0.15, 0.2) is 67.0 Å². The lowest BCUT2D eigenvalue weighted by Crippen LogP contribution is -2.22. The van der Waals surface area contributed by atoms with Crippen molar-refractivity contribution in [2.75, 3.05) is 21.2 Å². The molecule has 2 aromatic heterocycles. The molecule has 0 saturated heterocycles. The molecule has 4 aromatic rings. The second-order valence-electron chi connectivity index (χ2n) is 7.05. The minimum absolute atomic E-state index is 0.0690. The highest BCUT2D eigenvalue weighted by Crippen LogP contribution is 2.28. The second-order valence-corrected chi connectivity index (χ2v) is 7.05. The van der Waals surface area contributed by atoms with Gasteiger partial charge in [0.15, 0.2) is 0 Å². The van der Waals surface area contributed by atoms with Crippen LogP contribution in [0.5, 0.6) is 5.75 Å². The third kappa shape index (κ3) is 3.82. The van der Waals surface area contributed by atoms with Crippen molar-refractivity contribution >= 4 is 16.8 Å². The lowest BCUT2D eigenvalue weighted by atomic mass is 10.0. The van der Waals surface area contributed by atoms with Gasteiger partial charge < -0.3 is 9.64 Å². The Hall–Kier alpha value is -3.67. The molecule has 2 heterocycles. The van der Waals surface area contributed by atoms with Crippen LogP contribution in [0.1, 0.15) is 15.9 Å². The van der Waals surface area contributed by atoms with E-state index in [0.29, 0.717) is 29.1 Å². The number of amides is 1. The lowest BCUT2D eigenvalue weighted by Gasteiger charge is -2.14. The van der Waals surface area contributed by atoms with Crippen LogP contribution in [0.2, 0.25) is 0 Å². The van der Waals surface area contributed by atoms with Crippen molar-refractivity contribution in [3.05, 3.63) is 78.1 Å². The van der Waals surface area contributed by atoms with Crippen LogP contribution < -0.4 is 4.74 Å². The monoisotopic (exact) mass is 386 g/mol. The van der Waals surface area contributed by atoms with Crippen molar-refractivity contribution < 1.29 is 9.53 Å². The van der Waals surface area contributed by atoms with Gasteiger partial charge in [-0.15, -0.1) is 0 Å². The zero-order chi connectivity index (χ0) is 20.4. The summed E-state index contributed by atoms with van der Waals surface area (Å²) in [5, 5.41) is 5.26. The Morgan fingerprint density at radius 2 is 1.90 bits per heavy atom. The summed E-state index contributed by atoms with van der Waals surface area (Å²) >= 11 is 0. The SMILES string of the molecule is COc1ccc2c(C(=O)N(C)C)cc(-c3cnn(Cc4ccccc4)c3)nc2c1. The van der Waals surface area contributed by atoms with Crippen molar-refractivity contribution in [2.24, 2.45) is 0 Å². The van der Waals surface area contributed by atoms with Gasteiger partial charge in [-0.05, 0) is 23.8 Å². The fourth-order valence-electron chi connectivity index (χ4n) is 3.25. The summed E-state index contributed by atoms with van der Waals surface area (Å²) < 4.78 is 7.20.